The molecule has 1 aromatic rings. The Balaban J connectivity index is 1.86. The quantitative estimate of drug-likeness (QED) is 0.920. The minimum absolute atomic E-state index is 0.183. The van der Waals surface area contributed by atoms with Crippen molar-refractivity contribution in [3.8, 4) is 0 Å². The van der Waals surface area contributed by atoms with Crippen molar-refractivity contribution in [2.45, 2.75) is 39.7 Å². The number of amides is 1. The second kappa shape index (κ2) is 6.64. The molecule has 1 fully saturated rings. The highest BCUT2D eigenvalue weighted by Gasteiger charge is 2.23. The Kier molecular flexibility index (Phi) is 4.88. The van der Waals surface area contributed by atoms with Crippen LogP contribution in [0.1, 0.15) is 30.9 Å². The van der Waals surface area contributed by atoms with E-state index in [0.29, 0.717) is 12.6 Å². The third-order valence-electron chi connectivity index (χ3n) is 3.76. The van der Waals surface area contributed by atoms with Gasteiger partial charge in [0.05, 0.1) is 6.61 Å². The minimum atomic E-state index is -0.183. The average molecular weight is 276 g/mol. The summed E-state index contributed by atoms with van der Waals surface area (Å²) in [6.07, 6.45) is 1.75. The van der Waals surface area contributed by atoms with E-state index in [2.05, 4.69) is 37.4 Å². The number of benzene rings is 1. The summed E-state index contributed by atoms with van der Waals surface area (Å²) in [5.41, 5.74) is 3.76. The number of ether oxygens (including phenoxy) is 1. The topological polar surface area (TPSA) is 41.6 Å². The van der Waals surface area contributed by atoms with Crippen LogP contribution in [0.4, 0.5) is 10.5 Å². The molecule has 0 saturated carbocycles. The van der Waals surface area contributed by atoms with E-state index in [0.717, 1.165) is 25.9 Å². The smallest absolute Gasteiger partial charge is 0.409 e. The molecule has 0 radical (unpaired) electrons. The molecule has 110 valence electrons. The van der Waals surface area contributed by atoms with Crippen LogP contribution in [-0.2, 0) is 4.74 Å². The lowest BCUT2D eigenvalue weighted by Gasteiger charge is -2.32. The monoisotopic (exact) mass is 276 g/mol. The molecule has 0 unspecified atom stereocenters. The van der Waals surface area contributed by atoms with Gasteiger partial charge in [-0.1, -0.05) is 17.7 Å². The second-order valence-corrected chi connectivity index (χ2v) is 5.42. The van der Waals surface area contributed by atoms with Gasteiger partial charge >= 0.3 is 6.09 Å². The van der Waals surface area contributed by atoms with E-state index in [9.17, 15) is 4.79 Å². The Morgan fingerprint density at radius 3 is 2.65 bits per heavy atom. The summed E-state index contributed by atoms with van der Waals surface area (Å²) in [6, 6.07) is 6.89. The Hall–Kier alpha value is -1.71. The fourth-order valence-electron chi connectivity index (χ4n) is 2.62. The molecule has 0 atom stereocenters. The fraction of sp³-hybridized carbons (Fsp3) is 0.562. The number of carbonyl (C=O) groups excluding carboxylic acids is 1. The van der Waals surface area contributed by atoms with E-state index < -0.39 is 0 Å². The molecule has 1 amide bonds. The molecule has 1 aliphatic heterocycles. The number of piperidine rings is 1. The molecule has 20 heavy (non-hydrogen) atoms. The van der Waals surface area contributed by atoms with Gasteiger partial charge in [-0.25, -0.2) is 4.79 Å². The lowest BCUT2D eigenvalue weighted by molar-refractivity contribution is 0.0983. The van der Waals surface area contributed by atoms with Gasteiger partial charge in [-0.05, 0) is 45.2 Å². The average Bonchev–Trinajstić information content (AvgIpc) is 2.43. The van der Waals surface area contributed by atoms with Gasteiger partial charge in [0.15, 0.2) is 0 Å². The van der Waals surface area contributed by atoms with Crippen molar-refractivity contribution in [3.05, 3.63) is 29.3 Å². The van der Waals surface area contributed by atoms with Crippen LogP contribution in [0.25, 0.3) is 0 Å². The summed E-state index contributed by atoms with van der Waals surface area (Å²) >= 11 is 0. The highest BCUT2D eigenvalue weighted by Crippen LogP contribution is 2.21. The number of carbonyl (C=O) groups is 1. The second-order valence-electron chi connectivity index (χ2n) is 5.42. The summed E-state index contributed by atoms with van der Waals surface area (Å²) in [5.74, 6) is 0. The van der Waals surface area contributed by atoms with Gasteiger partial charge in [0.2, 0.25) is 0 Å². The molecule has 1 aliphatic rings. The Labute approximate surface area is 121 Å². The van der Waals surface area contributed by atoms with Gasteiger partial charge in [0.25, 0.3) is 0 Å². The molecule has 1 aromatic carbocycles. The number of rotatable bonds is 3. The van der Waals surface area contributed by atoms with Crippen LogP contribution in [-0.4, -0.2) is 36.7 Å². The lowest BCUT2D eigenvalue weighted by atomic mass is 10.0. The molecule has 0 bridgehead atoms. The third-order valence-corrected chi connectivity index (χ3v) is 3.76. The highest BCUT2D eigenvalue weighted by atomic mass is 16.6. The Bertz CT molecular complexity index is 466. The number of aryl methyl sites for hydroxylation is 2. The van der Waals surface area contributed by atoms with Crippen LogP contribution < -0.4 is 5.32 Å². The summed E-state index contributed by atoms with van der Waals surface area (Å²) in [4.78, 5) is 13.4. The van der Waals surface area contributed by atoms with Crippen LogP contribution in [0.15, 0.2) is 18.2 Å². The van der Waals surface area contributed by atoms with Crippen LogP contribution in [0.3, 0.4) is 0 Å². The Morgan fingerprint density at radius 2 is 2.05 bits per heavy atom. The zero-order valence-corrected chi connectivity index (χ0v) is 12.6. The van der Waals surface area contributed by atoms with E-state index >= 15 is 0 Å². The molecular formula is C16H24N2O2. The largest absolute Gasteiger partial charge is 0.450 e. The zero-order valence-electron chi connectivity index (χ0n) is 12.6. The van der Waals surface area contributed by atoms with Crippen molar-refractivity contribution in [1.82, 2.24) is 4.90 Å². The predicted molar refractivity (Wildman–Crippen MR) is 81.2 cm³/mol. The summed E-state index contributed by atoms with van der Waals surface area (Å²) < 4.78 is 5.03. The van der Waals surface area contributed by atoms with Gasteiger partial charge in [-0.2, -0.15) is 0 Å². The van der Waals surface area contributed by atoms with Crippen molar-refractivity contribution in [2.75, 3.05) is 25.0 Å². The van der Waals surface area contributed by atoms with E-state index in [1.165, 1.54) is 16.8 Å². The summed E-state index contributed by atoms with van der Waals surface area (Å²) in [5, 5.41) is 3.59. The van der Waals surface area contributed by atoms with Crippen LogP contribution >= 0.6 is 0 Å². The number of nitrogens with one attached hydrogen (secondary N) is 1. The van der Waals surface area contributed by atoms with Crippen LogP contribution in [0.5, 0.6) is 0 Å². The van der Waals surface area contributed by atoms with E-state index in [1.54, 1.807) is 4.90 Å². The molecule has 4 heteroatoms. The van der Waals surface area contributed by atoms with Gasteiger partial charge < -0.3 is 15.0 Å². The number of hydrogen-bond donors (Lipinski definition) is 1. The number of hydrogen-bond acceptors (Lipinski definition) is 3. The first-order valence-corrected chi connectivity index (χ1v) is 7.35. The maximum absolute atomic E-state index is 11.6. The zero-order chi connectivity index (χ0) is 14.5. The summed E-state index contributed by atoms with van der Waals surface area (Å²) in [7, 11) is 0. The number of anilines is 1. The molecule has 1 saturated heterocycles. The van der Waals surface area contributed by atoms with Crippen molar-refractivity contribution in [1.29, 1.82) is 0 Å². The molecule has 0 aliphatic carbocycles. The SMILES string of the molecule is CCOC(=O)N1CCC(Nc2ccc(C)cc2C)CC1. The highest BCUT2D eigenvalue weighted by molar-refractivity contribution is 5.67. The molecule has 1 heterocycles. The number of nitrogens with zero attached hydrogens (tertiary/aromatic N) is 1. The van der Waals surface area contributed by atoms with E-state index in [1.807, 2.05) is 6.92 Å². The van der Waals surface area contributed by atoms with E-state index in [-0.39, 0.29) is 6.09 Å². The maximum atomic E-state index is 11.6. The van der Waals surface area contributed by atoms with Gasteiger partial charge in [-0.15, -0.1) is 0 Å². The Morgan fingerprint density at radius 1 is 1.35 bits per heavy atom. The molecule has 0 aromatic heterocycles. The third kappa shape index (κ3) is 3.65. The summed E-state index contributed by atoms with van der Waals surface area (Å²) in [6.45, 7) is 8.05. The molecule has 4 nitrogen and oxygen atoms in total. The van der Waals surface area contributed by atoms with Gasteiger partial charge in [-0.3, -0.25) is 0 Å². The van der Waals surface area contributed by atoms with Crippen molar-refractivity contribution < 1.29 is 9.53 Å². The number of likely N-dealkylation sites (tertiary alicyclic amines) is 1. The van der Waals surface area contributed by atoms with Crippen molar-refractivity contribution in [2.24, 2.45) is 0 Å². The maximum Gasteiger partial charge on any atom is 0.409 e. The standard InChI is InChI=1S/C16H24N2O2/c1-4-20-16(19)18-9-7-14(8-10-18)17-15-6-5-12(2)11-13(15)3/h5-6,11,14,17H,4,7-10H2,1-3H3. The van der Waals surface area contributed by atoms with Crippen molar-refractivity contribution >= 4 is 11.8 Å². The van der Waals surface area contributed by atoms with Crippen molar-refractivity contribution in [3.63, 3.8) is 0 Å². The first-order valence-electron chi connectivity index (χ1n) is 7.35. The molecule has 2 rings (SSSR count). The molecule has 1 N–H and O–H groups in total. The predicted octanol–water partition coefficient (Wildman–Crippen LogP) is 3.34. The normalized spacial score (nSPS) is 16.1. The van der Waals surface area contributed by atoms with Crippen LogP contribution in [0, 0.1) is 13.8 Å². The van der Waals surface area contributed by atoms with Gasteiger partial charge in [0, 0.05) is 24.8 Å². The molecule has 0 spiro atoms. The molecular weight excluding hydrogens is 252 g/mol. The van der Waals surface area contributed by atoms with Crippen LogP contribution in [0.2, 0.25) is 0 Å². The minimum Gasteiger partial charge on any atom is -0.450 e. The first kappa shape index (κ1) is 14.7. The first-order chi connectivity index (χ1) is 9.60. The lowest BCUT2D eigenvalue weighted by Crippen LogP contribution is -2.42. The van der Waals surface area contributed by atoms with E-state index in [4.69, 9.17) is 4.74 Å². The fourth-order valence-corrected chi connectivity index (χ4v) is 2.62. The van der Waals surface area contributed by atoms with Gasteiger partial charge in [0.1, 0.15) is 0 Å².